The Morgan fingerprint density at radius 2 is 2.12 bits per heavy atom. The van der Waals surface area contributed by atoms with Gasteiger partial charge in [-0.3, -0.25) is 9.69 Å². The Morgan fingerprint density at radius 1 is 1.38 bits per heavy atom. The number of benzene rings is 1. The molecule has 0 aromatic heterocycles. The van der Waals surface area contributed by atoms with Gasteiger partial charge in [-0.25, -0.2) is 4.39 Å². The van der Waals surface area contributed by atoms with E-state index in [1.807, 2.05) is 13.1 Å². The lowest BCUT2D eigenvalue weighted by Crippen LogP contribution is -2.40. The number of hydrogen-bond donors (Lipinski definition) is 2. The van der Waals surface area contributed by atoms with Crippen LogP contribution in [0.1, 0.15) is 30.9 Å². The first kappa shape index (κ1) is 17.6. The summed E-state index contributed by atoms with van der Waals surface area (Å²) in [4.78, 5) is 14.6. The van der Waals surface area contributed by atoms with Gasteiger partial charge >= 0.3 is 0 Å². The normalized spacial score (nSPS) is 25.8. The average Bonchev–Trinajstić information content (AvgIpc) is 2.96. The monoisotopic (exact) mass is 353 g/mol. The molecule has 2 saturated heterocycles. The van der Waals surface area contributed by atoms with Crippen molar-refractivity contribution in [3.8, 4) is 0 Å². The van der Waals surface area contributed by atoms with E-state index in [9.17, 15) is 9.18 Å². The van der Waals surface area contributed by atoms with Crippen molar-refractivity contribution in [2.75, 3.05) is 33.2 Å². The van der Waals surface area contributed by atoms with Gasteiger partial charge in [0.05, 0.1) is 5.02 Å². The molecule has 4 nitrogen and oxygen atoms in total. The van der Waals surface area contributed by atoms with Crippen LogP contribution in [-0.4, -0.2) is 44.0 Å². The Bertz CT molecular complexity index is 592. The molecule has 2 fully saturated rings. The quantitative estimate of drug-likeness (QED) is 0.874. The molecule has 0 bridgehead atoms. The van der Waals surface area contributed by atoms with Crippen LogP contribution in [0.3, 0.4) is 0 Å². The number of piperidine rings is 1. The van der Waals surface area contributed by atoms with Crippen LogP contribution >= 0.6 is 11.6 Å². The largest absolute Gasteiger partial charge is 0.356 e. The first-order valence-corrected chi connectivity index (χ1v) is 9.07. The molecule has 6 heteroatoms. The molecule has 2 aliphatic rings. The van der Waals surface area contributed by atoms with Crippen molar-refractivity contribution in [2.24, 2.45) is 11.8 Å². The molecule has 2 N–H and O–H groups in total. The van der Waals surface area contributed by atoms with Crippen molar-refractivity contribution in [1.29, 1.82) is 0 Å². The summed E-state index contributed by atoms with van der Waals surface area (Å²) in [5, 5.41) is 6.55. The third kappa shape index (κ3) is 3.90. The molecule has 24 heavy (non-hydrogen) atoms. The highest BCUT2D eigenvalue weighted by Gasteiger charge is 2.34. The molecule has 2 unspecified atom stereocenters. The van der Waals surface area contributed by atoms with Crippen LogP contribution < -0.4 is 10.6 Å². The number of halogens is 2. The van der Waals surface area contributed by atoms with Crippen LogP contribution in [-0.2, 0) is 4.79 Å². The van der Waals surface area contributed by atoms with E-state index < -0.39 is 0 Å². The van der Waals surface area contributed by atoms with Crippen LogP contribution in [0.5, 0.6) is 0 Å². The van der Waals surface area contributed by atoms with E-state index >= 15 is 0 Å². The number of nitrogens with zero attached hydrogens (tertiary/aromatic N) is 1. The van der Waals surface area contributed by atoms with Crippen molar-refractivity contribution in [2.45, 2.75) is 25.3 Å². The zero-order chi connectivity index (χ0) is 17.1. The first-order valence-electron chi connectivity index (χ1n) is 8.70. The third-order valence-corrected chi connectivity index (χ3v) is 5.61. The molecule has 1 aromatic carbocycles. The summed E-state index contributed by atoms with van der Waals surface area (Å²) >= 11 is 5.80. The van der Waals surface area contributed by atoms with Gasteiger partial charge in [-0.15, -0.1) is 0 Å². The summed E-state index contributed by atoms with van der Waals surface area (Å²) < 4.78 is 13.8. The van der Waals surface area contributed by atoms with Gasteiger partial charge in [-0.1, -0.05) is 17.7 Å². The predicted octanol–water partition coefficient (Wildman–Crippen LogP) is 2.59. The molecule has 0 saturated carbocycles. The zero-order valence-corrected chi connectivity index (χ0v) is 14.8. The van der Waals surface area contributed by atoms with Gasteiger partial charge in [-0.05, 0) is 69.6 Å². The molecule has 2 heterocycles. The minimum atomic E-state index is -0.382. The Labute approximate surface area is 147 Å². The molecule has 3 rings (SSSR count). The number of carbonyl (C=O) groups excluding carboxylic acids is 1. The highest BCUT2D eigenvalue weighted by atomic mass is 35.5. The average molecular weight is 354 g/mol. The van der Waals surface area contributed by atoms with E-state index in [0.29, 0.717) is 12.5 Å². The fraction of sp³-hybridized carbons (Fsp3) is 0.611. The maximum atomic E-state index is 13.8. The third-order valence-electron chi connectivity index (χ3n) is 5.31. The first-order chi connectivity index (χ1) is 11.6. The maximum Gasteiger partial charge on any atom is 0.223 e. The van der Waals surface area contributed by atoms with E-state index in [4.69, 9.17) is 11.6 Å². The van der Waals surface area contributed by atoms with Gasteiger partial charge in [0.15, 0.2) is 0 Å². The van der Waals surface area contributed by atoms with E-state index in [1.165, 1.54) is 6.07 Å². The van der Waals surface area contributed by atoms with Gasteiger partial charge in [0.1, 0.15) is 5.82 Å². The molecule has 0 radical (unpaired) electrons. The van der Waals surface area contributed by atoms with Crippen LogP contribution in [0.4, 0.5) is 4.39 Å². The summed E-state index contributed by atoms with van der Waals surface area (Å²) in [6.45, 7) is 3.42. The lowest BCUT2D eigenvalue weighted by molar-refractivity contribution is -0.125. The van der Waals surface area contributed by atoms with Crippen LogP contribution in [0, 0.1) is 17.7 Å². The minimum Gasteiger partial charge on any atom is -0.356 e. The Morgan fingerprint density at radius 3 is 2.83 bits per heavy atom. The maximum absolute atomic E-state index is 13.8. The molecular weight excluding hydrogens is 329 g/mol. The summed E-state index contributed by atoms with van der Waals surface area (Å²) in [6.07, 6.45) is 2.81. The molecule has 132 valence electrons. The van der Waals surface area contributed by atoms with Crippen molar-refractivity contribution in [1.82, 2.24) is 15.5 Å². The number of hydrogen-bond acceptors (Lipinski definition) is 3. The second kappa shape index (κ2) is 7.81. The second-order valence-corrected chi connectivity index (χ2v) is 7.32. The van der Waals surface area contributed by atoms with E-state index in [2.05, 4.69) is 15.5 Å². The van der Waals surface area contributed by atoms with Gasteiger partial charge in [0.25, 0.3) is 0 Å². The molecule has 0 spiro atoms. The van der Waals surface area contributed by atoms with Crippen molar-refractivity contribution in [3.05, 3.63) is 34.6 Å². The summed E-state index contributed by atoms with van der Waals surface area (Å²) in [5.41, 5.74) is 0.929. The summed E-state index contributed by atoms with van der Waals surface area (Å²) in [5.74, 6) is 0.192. The molecular formula is C18H25ClFN3O. The van der Waals surface area contributed by atoms with E-state index in [1.54, 1.807) is 6.07 Å². The van der Waals surface area contributed by atoms with Crippen LogP contribution in [0.2, 0.25) is 5.02 Å². The van der Waals surface area contributed by atoms with Gasteiger partial charge in [0, 0.05) is 18.5 Å². The minimum absolute atomic E-state index is 0.116. The highest BCUT2D eigenvalue weighted by Crippen LogP contribution is 2.36. The van der Waals surface area contributed by atoms with Crippen LogP contribution in [0.25, 0.3) is 0 Å². The topological polar surface area (TPSA) is 44.4 Å². The fourth-order valence-electron chi connectivity index (χ4n) is 3.92. The number of carbonyl (C=O) groups is 1. The number of amides is 1. The summed E-state index contributed by atoms with van der Waals surface area (Å²) in [6, 6.07) is 5.14. The fourth-order valence-corrected chi connectivity index (χ4v) is 4.04. The van der Waals surface area contributed by atoms with Gasteiger partial charge < -0.3 is 10.6 Å². The molecule has 1 aromatic rings. The second-order valence-electron chi connectivity index (χ2n) is 6.92. The van der Waals surface area contributed by atoms with Crippen LogP contribution in [0.15, 0.2) is 18.2 Å². The Kier molecular flexibility index (Phi) is 5.74. The van der Waals surface area contributed by atoms with Gasteiger partial charge in [0.2, 0.25) is 5.91 Å². The lowest BCUT2D eigenvalue weighted by Gasteiger charge is -2.27. The predicted molar refractivity (Wildman–Crippen MR) is 93.5 cm³/mol. The lowest BCUT2D eigenvalue weighted by atomic mass is 9.92. The van der Waals surface area contributed by atoms with E-state index in [-0.39, 0.29) is 28.7 Å². The zero-order valence-electron chi connectivity index (χ0n) is 14.0. The molecule has 1 amide bonds. The van der Waals surface area contributed by atoms with Crippen molar-refractivity contribution >= 4 is 17.5 Å². The van der Waals surface area contributed by atoms with Crippen molar-refractivity contribution in [3.63, 3.8) is 0 Å². The number of likely N-dealkylation sites (tertiary alicyclic amines) is 1. The highest BCUT2D eigenvalue weighted by molar-refractivity contribution is 6.30. The number of rotatable bonds is 4. The smallest absolute Gasteiger partial charge is 0.223 e. The van der Waals surface area contributed by atoms with Crippen molar-refractivity contribution < 1.29 is 9.18 Å². The number of nitrogens with one attached hydrogen (secondary N) is 2. The SMILES string of the molecule is CN1CCC(CNC(=O)C2CCNCC2)C1c1ccc(Cl)c(F)c1. The summed E-state index contributed by atoms with van der Waals surface area (Å²) in [7, 11) is 2.05. The molecule has 2 aliphatic heterocycles. The Hall–Kier alpha value is -1.17. The standard InChI is InChI=1S/C18H25ClFN3O/c1-23-9-6-14(11-22-18(24)12-4-7-21-8-5-12)17(23)13-2-3-15(19)16(20)10-13/h2-3,10,12,14,17,21H,4-9,11H2,1H3,(H,22,24). The molecule has 0 aliphatic carbocycles. The van der Waals surface area contributed by atoms with E-state index in [0.717, 1.165) is 44.5 Å². The Balaban J connectivity index is 1.63. The molecule has 2 atom stereocenters. The van der Waals surface area contributed by atoms with Gasteiger partial charge in [-0.2, -0.15) is 0 Å².